The summed E-state index contributed by atoms with van der Waals surface area (Å²) in [5.74, 6) is -3.32. The smallest absolute Gasteiger partial charge is 0.404 e. The first kappa shape index (κ1) is 37.9. The lowest BCUT2D eigenvalue weighted by atomic mass is 10.3. The number of nitrogens with one attached hydrogen (secondary N) is 2. The van der Waals surface area contributed by atoms with Crippen molar-refractivity contribution in [3.05, 3.63) is 0 Å². The molecule has 0 atom stereocenters. The number of aliphatic carboxylic acids is 3. The second kappa shape index (κ2) is 23.3. The van der Waals surface area contributed by atoms with Crippen LogP contribution >= 0.6 is 0 Å². The van der Waals surface area contributed by atoms with Crippen LogP contribution in [-0.4, -0.2) is 201 Å². The van der Waals surface area contributed by atoms with Crippen LogP contribution in [0.5, 0.6) is 0 Å². The molecule has 0 aliphatic carbocycles. The Bertz CT molecular complexity index is 820. The summed E-state index contributed by atoms with van der Waals surface area (Å²) in [6.45, 7) is 4.14. The van der Waals surface area contributed by atoms with E-state index in [1.54, 1.807) is 14.7 Å². The van der Waals surface area contributed by atoms with Crippen molar-refractivity contribution in [2.24, 2.45) is 0 Å². The van der Waals surface area contributed by atoms with Gasteiger partial charge in [0.1, 0.15) is 0 Å². The van der Waals surface area contributed by atoms with E-state index in [-0.39, 0.29) is 58.4 Å². The van der Waals surface area contributed by atoms with Crippen molar-refractivity contribution in [3.63, 3.8) is 0 Å². The molecule has 1 fully saturated rings. The van der Waals surface area contributed by atoms with Gasteiger partial charge in [-0.3, -0.25) is 38.8 Å². The number of carbonyl (C=O) groups excluding carboxylic acids is 1. The first-order valence-electron chi connectivity index (χ1n) is 14.1. The molecule has 0 aromatic carbocycles. The van der Waals surface area contributed by atoms with Crippen molar-refractivity contribution in [2.75, 3.05) is 131 Å². The lowest BCUT2D eigenvalue weighted by Crippen LogP contribution is -2.50. The summed E-state index contributed by atoms with van der Waals surface area (Å²) in [6, 6.07) is 0. The molecule has 1 saturated heterocycles. The molecule has 1 aliphatic rings. The van der Waals surface area contributed by atoms with Crippen LogP contribution in [0.2, 0.25) is 0 Å². The molecule has 2 amide bonds. The molecule has 0 spiro atoms. The first-order chi connectivity index (χ1) is 20.5. The fraction of sp³-hybridized carbons (Fsp3) is 0.800. The van der Waals surface area contributed by atoms with Crippen LogP contribution in [0, 0.1) is 0 Å². The molecule has 0 aromatic rings. The molecule has 1 aliphatic heterocycles. The van der Waals surface area contributed by atoms with Gasteiger partial charge in [0.05, 0.1) is 65.8 Å². The van der Waals surface area contributed by atoms with E-state index >= 15 is 0 Å². The van der Waals surface area contributed by atoms with Crippen LogP contribution < -0.4 is 10.6 Å². The second-order valence-corrected chi connectivity index (χ2v) is 9.70. The third-order valence-corrected chi connectivity index (χ3v) is 6.21. The first-order valence-corrected chi connectivity index (χ1v) is 14.1. The van der Waals surface area contributed by atoms with Gasteiger partial charge in [-0.05, 0) is 0 Å². The SMILES string of the molecule is O=C(O)CN1CCN(CC(=O)O)CCN(CC(=O)NCCOCCOCCOCCNC(=O)O)CCN(CC(=O)O)CC1. The van der Waals surface area contributed by atoms with Gasteiger partial charge >= 0.3 is 24.0 Å². The van der Waals surface area contributed by atoms with E-state index in [0.29, 0.717) is 78.8 Å². The maximum absolute atomic E-state index is 12.6. The molecule has 0 radical (unpaired) electrons. The quantitative estimate of drug-likeness (QED) is 0.0738. The molecular weight excluding hydrogens is 576 g/mol. The van der Waals surface area contributed by atoms with Crippen molar-refractivity contribution in [1.29, 1.82) is 0 Å². The Morgan fingerprint density at radius 1 is 0.465 bits per heavy atom. The van der Waals surface area contributed by atoms with Crippen LogP contribution in [0.4, 0.5) is 4.79 Å². The van der Waals surface area contributed by atoms with Crippen LogP contribution in [-0.2, 0) is 33.4 Å². The number of carboxylic acids is 3. The maximum Gasteiger partial charge on any atom is 0.404 e. The third kappa shape index (κ3) is 22.1. The molecule has 0 unspecified atom stereocenters. The van der Waals surface area contributed by atoms with Crippen molar-refractivity contribution in [1.82, 2.24) is 30.2 Å². The number of nitrogens with zero attached hydrogens (tertiary/aromatic N) is 4. The summed E-state index contributed by atoms with van der Waals surface area (Å²) < 4.78 is 16.0. The van der Waals surface area contributed by atoms with Crippen molar-refractivity contribution in [2.45, 2.75) is 0 Å². The minimum absolute atomic E-state index is 0.0259. The van der Waals surface area contributed by atoms with E-state index in [2.05, 4.69) is 10.6 Å². The van der Waals surface area contributed by atoms with Gasteiger partial charge in [0.15, 0.2) is 0 Å². The van der Waals surface area contributed by atoms with Gasteiger partial charge in [-0.1, -0.05) is 0 Å². The van der Waals surface area contributed by atoms with Gasteiger partial charge in [0.25, 0.3) is 0 Å². The molecule has 18 heteroatoms. The summed E-state index contributed by atoms with van der Waals surface area (Å²) in [5, 5.41) is 41.3. The highest BCUT2D eigenvalue weighted by atomic mass is 16.5. The molecule has 0 bridgehead atoms. The lowest BCUT2D eigenvalue weighted by molar-refractivity contribution is -0.140. The zero-order valence-corrected chi connectivity index (χ0v) is 24.5. The molecule has 248 valence electrons. The standard InChI is InChI=1S/C25H46N6O12/c32-21(26-1-11-41-13-15-43-16-14-42-12-2-27-25(39)40)17-28-3-5-29(18-22(33)34)7-9-31(20-24(37)38)10-8-30(6-4-28)19-23(35)36/h27H,1-20H2,(H,26,32)(H,33,34)(H,35,36)(H,37,38)(H,39,40). The zero-order chi connectivity index (χ0) is 31.9. The molecule has 0 saturated carbocycles. The Balaban J connectivity index is 2.47. The van der Waals surface area contributed by atoms with Crippen LogP contribution in [0.25, 0.3) is 0 Å². The molecule has 43 heavy (non-hydrogen) atoms. The van der Waals surface area contributed by atoms with Gasteiger partial charge in [0.2, 0.25) is 5.91 Å². The fourth-order valence-electron chi connectivity index (χ4n) is 4.08. The highest BCUT2D eigenvalue weighted by Crippen LogP contribution is 2.01. The zero-order valence-electron chi connectivity index (χ0n) is 24.5. The largest absolute Gasteiger partial charge is 0.480 e. The van der Waals surface area contributed by atoms with Gasteiger partial charge < -0.3 is 45.3 Å². The van der Waals surface area contributed by atoms with Gasteiger partial charge in [-0.25, -0.2) is 4.79 Å². The Kier molecular flexibility index (Phi) is 20.6. The number of rotatable bonds is 20. The van der Waals surface area contributed by atoms with Gasteiger partial charge in [-0.15, -0.1) is 0 Å². The maximum atomic E-state index is 12.6. The molecule has 1 rings (SSSR count). The number of carbonyl (C=O) groups is 5. The molecular formula is C25H46N6O12. The number of hydrogen-bond donors (Lipinski definition) is 6. The predicted molar refractivity (Wildman–Crippen MR) is 150 cm³/mol. The summed E-state index contributed by atoms with van der Waals surface area (Å²) in [7, 11) is 0. The highest BCUT2D eigenvalue weighted by Gasteiger charge is 2.21. The third-order valence-electron chi connectivity index (χ3n) is 6.21. The van der Waals surface area contributed by atoms with E-state index in [0.717, 1.165) is 0 Å². The number of ether oxygens (including phenoxy) is 3. The summed E-state index contributed by atoms with van der Waals surface area (Å²) in [5.41, 5.74) is 0. The minimum Gasteiger partial charge on any atom is -0.480 e. The van der Waals surface area contributed by atoms with Gasteiger partial charge in [-0.2, -0.15) is 0 Å². The highest BCUT2D eigenvalue weighted by molar-refractivity contribution is 5.78. The number of hydrogen-bond acceptors (Lipinski definition) is 12. The van der Waals surface area contributed by atoms with Crippen LogP contribution in [0.3, 0.4) is 0 Å². The van der Waals surface area contributed by atoms with Crippen molar-refractivity contribution >= 4 is 29.9 Å². The molecule has 0 aromatic heterocycles. The van der Waals surface area contributed by atoms with Crippen LogP contribution in [0.15, 0.2) is 0 Å². The minimum atomic E-state index is -1.11. The Morgan fingerprint density at radius 2 is 0.767 bits per heavy atom. The van der Waals surface area contributed by atoms with E-state index in [1.807, 2.05) is 4.90 Å². The molecule has 18 nitrogen and oxygen atoms in total. The van der Waals surface area contributed by atoms with Crippen molar-refractivity contribution < 1.29 is 58.6 Å². The van der Waals surface area contributed by atoms with Crippen LogP contribution in [0.1, 0.15) is 0 Å². The van der Waals surface area contributed by atoms with Crippen molar-refractivity contribution in [3.8, 4) is 0 Å². The van der Waals surface area contributed by atoms with E-state index in [1.165, 1.54) is 0 Å². The summed E-state index contributed by atoms with van der Waals surface area (Å²) in [4.78, 5) is 63.9. The fourth-order valence-corrected chi connectivity index (χ4v) is 4.08. The topological polar surface area (TPSA) is 231 Å². The Hall–Kier alpha value is -3.13. The second-order valence-electron chi connectivity index (χ2n) is 9.70. The van der Waals surface area contributed by atoms with Gasteiger partial charge in [0, 0.05) is 65.4 Å². The van der Waals surface area contributed by atoms with E-state index in [9.17, 15) is 39.3 Å². The molecule has 6 N–H and O–H groups in total. The average molecular weight is 623 g/mol. The number of carboxylic acid groups (broad SMARTS) is 4. The molecule has 1 heterocycles. The van der Waals surface area contributed by atoms with E-state index < -0.39 is 24.0 Å². The normalized spacial score (nSPS) is 16.6. The average Bonchev–Trinajstić information content (AvgIpc) is 2.91. The lowest BCUT2D eigenvalue weighted by Gasteiger charge is -2.32. The Labute approximate surface area is 250 Å². The Morgan fingerprint density at radius 3 is 1.09 bits per heavy atom. The summed E-state index contributed by atoms with van der Waals surface area (Å²) in [6.07, 6.45) is -1.11. The summed E-state index contributed by atoms with van der Waals surface area (Å²) >= 11 is 0. The van der Waals surface area contributed by atoms with E-state index in [4.69, 9.17) is 19.3 Å². The number of amides is 2. The monoisotopic (exact) mass is 622 g/mol. The predicted octanol–water partition coefficient (Wildman–Crippen LogP) is -3.10.